The Labute approximate surface area is 342 Å². The molecule has 11 rings (SSSR count). The van der Waals surface area contributed by atoms with Crippen molar-refractivity contribution in [1.82, 2.24) is 0 Å². The maximum atomic E-state index is 2.37. The second kappa shape index (κ2) is 14.4. The molecule has 0 unspecified atom stereocenters. The summed E-state index contributed by atoms with van der Waals surface area (Å²) in [4.78, 5) is 2.37. The first kappa shape index (κ1) is 34.0. The van der Waals surface area contributed by atoms with Crippen molar-refractivity contribution in [3.05, 3.63) is 224 Å². The number of nitrogens with zero attached hydrogens (tertiary/aromatic N) is 1. The molecule has 0 N–H and O–H groups in total. The molecule has 1 aromatic heterocycles. The summed E-state index contributed by atoms with van der Waals surface area (Å²) < 4.78 is 2.64. The van der Waals surface area contributed by atoms with E-state index in [1.807, 2.05) is 11.3 Å². The van der Waals surface area contributed by atoms with E-state index in [1.165, 1.54) is 86.2 Å². The molecule has 0 aliphatic carbocycles. The van der Waals surface area contributed by atoms with E-state index in [0.717, 1.165) is 17.1 Å². The van der Waals surface area contributed by atoms with Gasteiger partial charge in [-0.05, 0) is 109 Å². The van der Waals surface area contributed by atoms with Gasteiger partial charge in [-0.3, -0.25) is 0 Å². The highest BCUT2D eigenvalue weighted by Gasteiger charge is 2.18. The minimum absolute atomic E-state index is 1.10. The topological polar surface area (TPSA) is 3.24 Å². The first-order chi connectivity index (χ1) is 28.7. The molecule has 58 heavy (non-hydrogen) atoms. The Hall–Kier alpha value is -7.26. The Morgan fingerprint density at radius 2 is 0.828 bits per heavy atom. The molecule has 0 saturated carbocycles. The van der Waals surface area contributed by atoms with Crippen LogP contribution in [0.5, 0.6) is 0 Å². The van der Waals surface area contributed by atoms with Crippen LogP contribution < -0.4 is 4.90 Å². The van der Waals surface area contributed by atoms with Crippen LogP contribution in [0, 0.1) is 0 Å². The van der Waals surface area contributed by atoms with Crippen molar-refractivity contribution in [2.75, 3.05) is 4.90 Å². The average Bonchev–Trinajstić information content (AvgIpc) is 3.68. The van der Waals surface area contributed by atoms with E-state index in [-0.39, 0.29) is 0 Å². The number of rotatable bonds is 7. The smallest absolute Gasteiger partial charge is 0.0462 e. The lowest BCUT2D eigenvalue weighted by molar-refractivity contribution is 1.28. The molecule has 0 saturated heterocycles. The Bertz CT molecular complexity index is 3250. The van der Waals surface area contributed by atoms with Crippen LogP contribution in [0.3, 0.4) is 0 Å². The van der Waals surface area contributed by atoms with Crippen LogP contribution in [0.1, 0.15) is 0 Å². The largest absolute Gasteiger partial charge is 0.311 e. The number of hydrogen-bond acceptors (Lipinski definition) is 2. The SMILES string of the molecule is c1ccc(-c2ccc(N(c3ccc(-c4ccc5c(sc6ccccc65)c4-c4ccc5ccccc5c4)cc3)c3ccc(-c4cccc5ccccc45)cc3)cc2)cc1. The third kappa shape index (κ3) is 6.03. The van der Waals surface area contributed by atoms with E-state index in [2.05, 4.69) is 229 Å². The Morgan fingerprint density at radius 3 is 1.55 bits per heavy atom. The Kier molecular flexibility index (Phi) is 8.42. The lowest BCUT2D eigenvalue weighted by Crippen LogP contribution is -2.09. The zero-order chi connectivity index (χ0) is 38.4. The number of hydrogen-bond donors (Lipinski definition) is 0. The van der Waals surface area contributed by atoms with Crippen LogP contribution in [-0.2, 0) is 0 Å². The monoisotopic (exact) mass is 755 g/mol. The van der Waals surface area contributed by atoms with Crippen molar-refractivity contribution in [2.24, 2.45) is 0 Å². The van der Waals surface area contributed by atoms with Crippen LogP contribution in [0.15, 0.2) is 224 Å². The number of benzene rings is 10. The van der Waals surface area contributed by atoms with Crippen molar-refractivity contribution >= 4 is 70.1 Å². The molecule has 0 aliphatic rings. The van der Waals surface area contributed by atoms with Crippen molar-refractivity contribution in [3.8, 4) is 44.5 Å². The van der Waals surface area contributed by atoms with Crippen LogP contribution in [0.4, 0.5) is 17.1 Å². The molecule has 0 atom stereocenters. The van der Waals surface area contributed by atoms with E-state index in [4.69, 9.17) is 0 Å². The summed E-state index contributed by atoms with van der Waals surface area (Å²) in [5.74, 6) is 0. The normalized spacial score (nSPS) is 11.4. The number of fused-ring (bicyclic) bond motifs is 5. The summed E-state index contributed by atoms with van der Waals surface area (Å²) in [5.41, 5.74) is 13.1. The zero-order valence-corrected chi connectivity index (χ0v) is 32.5. The first-order valence-electron chi connectivity index (χ1n) is 19.8. The Morgan fingerprint density at radius 1 is 0.293 bits per heavy atom. The van der Waals surface area contributed by atoms with Gasteiger partial charge in [0.25, 0.3) is 0 Å². The van der Waals surface area contributed by atoms with Crippen LogP contribution >= 0.6 is 11.3 Å². The van der Waals surface area contributed by atoms with E-state index < -0.39 is 0 Å². The molecule has 0 amide bonds. The van der Waals surface area contributed by atoms with Gasteiger partial charge in [0.15, 0.2) is 0 Å². The minimum Gasteiger partial charge on any atom is -0.311 e. The fourth-order valence-corrected chi connectivity index (χ4v) is 9.87. The molecule has 1 nitrogen and oxygen atoms in total. The van der Waals surface area contributed by atoms with E-state index in [1.54, 1.807) is 0 Å². The fraction of sp³-hybridized carbons (Fsp3) is 0. The zero-order valence-electron chi connectivity index (χ0n) is 31.7. The van der Waals surface area contributed by atoms with E-state index >= 15 is 0 Å². The molecule has 0 aliphatic heterocycles. The summed E-state index contributed by atoms with van der Waals surface area (Å²) in [6, 6.07) is 81.9. The molecular weight excluding hydrogens is 719 g/mol. The van der Waals surface area contributed by atoms with Gasteiger partial charge < -0.3 is 4.90 Å². The maximum absolute atomic E-state index is 2.37. The average molecular weight is 756 g/mol. The molecule has 0 bridgehead atoms. The third-order valence-corrected chi connectivity index (χ3v) is 12.7. The van der Waals surface area contributed by atoms with E-state index in [9.17, 15) is 0 Å². The summed E-state index contributed by atoms with van der Waals surface area (Å²) in [6.45, 7) is 0. The maximum Gasteiger partial charge on any atom is 0.0462 e. The van der Waals surface area contributed by atoms with Gasteiger partial charge in [0, 0.05) is 42.8 Å². The van der Waals surface area contributed by atoms with Crippen LogP contribution in [0.2, 0.25) is 0 Å². The van der Waals surface area contributed by atoms with Gasteiger partial charge in [-0.15, -0.1) is 11.3 Å². The van der Waals surface area contributed by atoms with Gasteiger partial charge in [0.2, 0.25) is 0 Å². The summed E-state index contributed by atoms with van der Waals surface area (Å²) in [7, 11) is 0. The lowest BCUT2D eigenvalue weighted by Gasteiger charge is -2.26. The predicted octanol–water partition coefficient (Wildman–Crippen LogP) is 16.5. The summed E-state index contributed by atoms with van der Waals surface area (Å²) in [5, 5.41) is 7.63. The molecule has 272 valence electrons. The molecule has 2 heteroatoms. The standard InChI is InChI=1S/C56H37NS/c1-2-11-38(12-3-1)40-23-29-46(30-24-40)57(47-31-25-42(26-32-47)50-19-10-16-41-14-6-7-17-49(41)50)48-33-27-43(28-34-48)51-35-36-53-52-18-8-9-20-54(52)58-56(53)55(51)45-22-21-39-13-4-5-15-44(39)37-45/h1-37H. The highest BCUT2D eigenvalue weighted by atomic mass is 32.1. The fourth-order valence-electron chi connectivity index (χ4n) is 8.60. The molecule has 1 heterocycles. The van der Waals surface area contributed by atoms with Crippen LogP contribution in [0.25, 0.3) is 86.2 Å². The molecule has 0 radical (unpaired) electrons. The minimum atomic E-state index is 1.10. The van der Waals surface area contributed by atoms with Gasteiger partial charge in [-0.2, -0.15) is 0 Å². The third-order valence-electron chi connectivity index (χ3n) is 11.5. The highest BCUT2D eigenvalue weighted by Crippen LogP contribution is 2.46. The molecule has 11 aromatic rings. The van der Waals surface area contributed by atoms with Gasteiger partial charge in [0.05, 0.1) is 0 Å². The Balaban J connectivity index is 1.03. The quantitative estimate of drug-likeness (QED) is 0.157. The summed E-state index contributed by atoms with van der Waals surface area (Å²) in [6.07, 6.45) is 0. The molecule has 0 fully saturated rings. The van der Waals surface area contributed by atoms with Gasteiger partial charge >= 0.3 is 0 Å². The molecule has 10 aromatic carbocycles. The summed E-state index contributed by atoms with van der Waals surface area (Å²) >= 11 is 1.89. The lowest BCUT2D eigenvalue weighted by atomic mass is 9.91. The van der Waals surface area contributed by atoms with Crippen molar-refractivity contribution < 1.29 is 0 Å². The first-order valence-corrected chi connectivity index (χ1v) is 20.6. The van der Waals surface area contributed by atoms with Crippen LogP contribution in [-0.4, -0.2) is 0 Å². The predicted molar refractivity (Wildman–Crippen MR) is 251 cm³/mol. The van der Waals surface area contributed by atoms with E-state index in [0.29, 0.717) is 0 Å². The van der Waals surface area contributed by atoms with Crippen molar-refractivity contribution in [3.63, 3.8) is 0 Å². The molecule has 0 spiro atoms. The number of thiophene rings is 1. The number of anilines is 3. The second-order valence-electron chi connectivity index (χ2n) is 14.9. The van der Waals surface area contributed by atoms with Gasteiger partial charge in [-0.1, -0.05) is 176 Å². The van der Waals surface area contributed by atoms with Crippen molar-refractivity contribution in [2.45, 2.75) is 0 Å². The molecular formula is C56H37NS. The second-order valence-corrected chi connectivity index (χ2v) is 15.9. The van der Waals surface area contributed by atoms with Crippen molar-refractivity contribution in [1.29, 1.82) is 0 Å². The van der Waals surface area contributed by atoms with Gasteiger partial charge in [-0.25, -0.2) is 0 Å². The highest BCUT2D eigenvalue weighted by molar-refractivity contribution is 7.26. The van der Waals surface area contributed by atoms with Gasteiger partial charge in [0.1, 0.15) is 0 Å².